The Labute approximate surface area is 85.4 Å². The fourth-order valence-electron chi connectivity index (χ4n) is 1.63. The average Bonchev–Trinajstić information content (AvgIpc) is 2.07. The van der Waals surface area contributed by atoms with Gasteiger partial charge in [0, 0.05) is 12.1 Å². The summed E-state index contributed by atoms with van der Waals surface area (Å²) in [7, 11) is 0. The van der Waals surface area contributed by atoms with Crippen LogP contribution in [-0.4, -0.2) is 42.1 Å². The van der Waals surface area contributed by atoms with Crippen LogP contribution in [0.15, 0.2) is 0 Å². The molecule has 1 atom stereocenters. The molecule has 14 heavy (non-hydrogen) atoms. The molecule has 4 heteroatoms. The highest BCUT2D eigenvalue weighted by molar-refractivity contribution is 5.78. The van der Waals surface area contributed by atoms with E-state index in [2.05, 4.69) is 0 Å². The minimum absolute atomic E-state index is 0.0748. The summed E-state index contributed by atoms with van der Waals surface area (Å²) in [5.74, 6) is 0.0748. The highest BCUT2D eigenvalue weighted by Gasteiger charge is 2.32. The third-order valence-electron chi connectivity index (χ3n) is 2.43. The van der Waals surface area contributed by atoms with Gasteiger partial charge in [-0.1, -0.05) is 0 Å². The van der Waals surface area contributed by atoms with Crippen LogP contribution in [0.3, 0.4) is 0 Å². The van der Waals surface area contributed by atoms with Crippen molar-refractivity contribution in [2.45, 2.75) is 38.8 Å². The SMILES string of the molecule is CC(C)(C)N1C[C@@H](CCN)OCC1=O. The van der Waals surface area contributed by atoms with Gasteiger partial charge in [-0.25, -0.2) is 0 Å². The molecule has 0 unspecified atom stereocenters. The molecular formula is C10H20N2O2. The summed E-state index contributed by atoms with van der Waals surface area (Å²) in [5, 5.41) is 0. The van der Waals surface area contributed by atoms with Crippen molar-refractivity contribution < 1.29 is 9.53 Å². The lowest BCUT2D eigenvalue weighted by atomic mass is 10.0. The Morgan fingerprint density at radius 2 is 2.21 bits per heavy atom. The molecule has 82 valence electrons. The Morgan fingerprint density at radius 1 is 1.57 bits per heavy atom. The van der Waals surface area contributed by atoms with Crippen molar-refractivity contribution >= 4 is 5.91 Å². The van der Waals surface area contributed by atoms with Crippen molar-refractivity contribution in [1.82, 2.24) is 4.90 Å². The first-order valence-electron chi connectivity index (χ1n) is 5.07. The number of nitrogens with two attached hydrogens (primary N) is 1. The first-order valence-corrected chi connectivity index (χ1v) is 5.07. The minimum Gasteiger partial charge on any atom is -0.367 e. The van der Waals surface area contributed by atoms with E-state index in [0.717, 1.165) is 6.42 Å². The van der Waals surface area contributed by atoms with E-state index in [4.69, 9.17) is 10.5 Å². The first kappa shape index (κ1) is 11.5. The van der Waals surface area contributed by atoms with Crippen LogP contribution in [-0.2, 0) is 9.53 Å². The Hall–Kier alpha value is -0.610. The van der Waals surface area contributed by atoms with Gasteiger partial charge in [0.25, 0.3) is 0 Å². The summed E-state index contributed by atoms with van der Waals surface area (Å²) in [6, 6.07) is 0. The smallest absolute Gasteiger partial charge is 0.249 e. The lowest BCUT2D eigenvalue weighted by Gasteiger charge is -2.41. The minimum atomic E-state index is -0.117. The monoisotopic (exact) mass is 200 g/mol. The predicted octanol–water partition coefficient (Wildman–Crippen LogP) is 0.361. The Bertz CT molecular complexity index is 211. The predicted molar refractivity (Wildman–Crippen MR) is 54.9 cm³/mol. The first-order chi connectivity index (χ1) is 6.45. The summed E-state index contributed by atoms with van der Waals surface area (Å²) >= 11 is 0. The molecule has 0 saturated carbocycles. The van der Waals surface area contributed by atoms with Crippen LogP contribution in [0.25, 0.3) is 0 Å². The fourth-order valence-corrected chi connectivity index (χ4v) is 1.63. The van der Waals surface area contributed by atoms with Crippen LogP contribution in [0, 0.1) is 0 Å². The third kappa shape index (κ3) is 2.69. The number of ether oxygens (including phenoxy) is 1. The molecule has 0 radical (unpaired) electrons. The third-order valence-corrected chi connectivity index (χ3v) is 2.43. The maximum Gasteiger partial charge on any atom is 0.249 e. The Balaban J connectivity index is 2.60. The van der Waals surface area contributed by atoms with E-state index in [1.165, 1.54) is 0 Å². The second kappa shape index (κ2) is 4.28. The lowest BCUT2D eigenvalue weighted by Crippen LogP contribution is -2.55. The number of hydrogen-bond donors (Lipinski definition) is 1. The second-order valence-corrected chi connectivity index (χ2v) is 4.69. The summed E-state index contributed by atoms with van der Waals surface area (Å²) < 4.78 is 5.38. The van der Waals surface area contributed by atoms with Crippen LogP contribution >= 0.6 is 0 Å². The van der Waals surface area contributed by atoms with Gasteiger partial charge in [0.2, 0.25) is 5.91 Å². The molecule has 0 aliphatic carbocycles. The van der Waals surface area contributed by atoms with Crippen molar-refractivity contribution in [3.8, 4) is 0 Å². The molecule has 1 aliphatic rings. The largest absolute Gasteiger partial charge is 0.367 e. The molecule has 0 aromatic carbocycles. The normalized spacial score (nSPS) is 24.1. The molecule has 1 heterocycles. The van der Waals surface area contributed by atoms with Gasteiger partial charge in [0.05, 0.1) is 6.10 Å². The van der Waals surface area contributed by atoms with Crippen molar-refractivity contribution in [3.05, 3.63) is 0 Å². The average molecular weight is 200 g/mol. The van der Waals surface area contributed by atoms with Gasteiger partial charge >= 0.3 is 0 Å². The highest BCUT2D eigenvalue weighted by Crippen LogP contribution is 2.19. The molecule has 1 rings (SSSR count). The molecule has 1 aliphatic heterocycles. The summed E-state index contributed by atoms with van der Waals surface area (Å²) in [6.07, 6.45) is 0.928. The zero-order valence-corrected chi connectivity index (χ0v) is 9.25. The van der Waals surface area contributed by atoms with E-state index in [1.807, 2.05) is 25.7 Å². The van der Waals surface area contributed by atoms with Gasteiger partial charge < -0.3 is 15.4 Å². The van der Waals surface area contributed by atoms with Gasteiger partial charge in [0.1, 0.15) is 6.61 Å². The van der Waals surface area contributed by atoms with Crippen LogP contribution in [0.1, 0.15) is 27.2 Å². The van der Waals surface area contributed by atoms with Crippen molar-refractivity contribution in [2.75, 3.05) is 19.7 Å². The van der Waals surface area contributed by atoms with E-state index in [-0.39, 0.29) is 24.2 Å². The zero-order chi connectivity index (χ0) is 10.8. The number of carbonyl (C=O) groups excluding carboxylic acids is 1. The van der Waals surface area contributed by atoms with E-state index >= 15 is 0 Å². The van der Waals surface area contributed by atoms with Crippen LogP contribution in [0.4, 0.5) is 0 Å². The second-order valence-electron chi connectivity index (χ2n) is 4.69. The summed E-state index contributed by atoms with van der Waals surface area (Å²) in [5.41, 5.74) is 5.35. The van der Waals surface area contributed by atoms with E-state index < -0.39 is 0 Å². The molecule has 1 amide bonds. The number of carbonyl (C=O) groups is 1. The topological polar surface area (TPSA) is 55.6 Å². The number of amides is 1. The van der Waals surface area contributed by atoms with Crippen LogP contribution in [0.5, 0.6) is 0 Å². The van der Waals surface area contributed by atoms with Gasteiger partial charge in [-0.05, 0) is 33.7 Å². The molecule has 0 aromatic rings. The molecular weight excluding hydrogens is 180 g/mol. The summed E-state index contributed by atoms with van der Waals surface area (Å²) in [6.45, 7) is 7.58. The molecule has 4 nitrogen and oxygen atoms in total. The Morgan fingerprint density at radius 3 is 2.71 bits per heavy atom. The van der Waals surface area contributed by atoms with Crippen LogP contribution in [0.2, 0.25) is 0 Å². The van der Waals surface area contributed by atoms with Gasteiger partial charge in [-0.15, -0.1) is 0 Å². The number of morpholine rings is 1. The van der Waals surface area contributed by atoms with E-state index in [1.54, 1.807) is 0 Å². The van der Waals surface area contributed by atoms with E-state index in [9.17, 15) is 4.79 Å². The fraction of sp³-hybridized carbons (Fsp3) is 0.900. The van der Waals surface area contributed by atoms with Gasteiger partial charge in [0.15, 0.2) is 0 Å². The molecule has 0 bridgehead atoms. The van der Waals surface area contributed by atoms with Crippen molar-refractivity contribution in [1.29, 1.82) is 0 Å². The summed E-state index contributed by atoms with van der Waals surface area (Å²) in [4.78, 5) is 13.4. The highest BCUT2D eigenvalue weighted by atomic mass is 16.5. The lowest BCUT2D eigenvalue weighted by molar-refractivity contribution is -0.156. The molecule has 1 fully saturated rings. The molecule has 0 spiro atoms. The maximum absolute atomic E-state index is 11.6. The maximum atomic E-state index is 11.6. The van der Waals surface area contributed by atoms with Crippen molar-refractivity contribution in [2.24, 2.45) is 5.73 Å². The van der Waals surface area contributed by atoms with E-state index in [0.29, 0.717) is 13.1 Å². The number of hydrogen-bond acceptors (Lipinski definition) is 3. The van der Waals surface area contributed by atoms with Gasteiger partial charge in [-0.3, -0.25) is 4.79 Å². The Kier molecular flexibility index (Phi) is 3.50. The number of nitrogens with zero attached hydrogens (tertiary/aromatic N) is 1. The van der Waals surface area contributed by atoms with Crippen LogP contribution < -0.4 is 5.73 Å². The molecule has 1 saturated heterocycles. The molecule has 0 aromatic heterocycles. The quantitative estimate of drug-likeness (QED) is 0.700. The zero-order valence-electron chi connectivity index (χ0n) is 9.25. The van der Waals surface area contributed by atoms with Gasteiger partial charge in [-0.2, -0.15) is 0 Å². The van der Waals surface area contributed by atoms with Crippen molar-refractivity contribution in [3.63, 3.8) is 0 Å². The molecule has 2 N–H and O–H groups in total. The standard InChI is InChI=1S/C10H20N2O2/c1-10(2,3)12-6-8(4-5-11)14-7-9(12)13/h8H,4-7,11H2,1-3H3/t8-/m1/s1. The number of rotatable bonds is 2.